The van der Waals surface area contributed by atoms with Crippen molar-refractivity contribution in [3.05, 3.63) is 57.9 Å². The van der Waals surface area contributed by atoms with Crippen LogP contribution in [0.3, 0.4) is 0 Å². The van der Waals surface area contributed by atoms with Gasteiger partial charge in [0.05, 0.1) is 11.3 Å². The molecule has 104 valence electrons. The predicted molar refractivity (Wildman–Crippen MR) is 73.6 cm³/mol. The highest BCUT2D eigenvalue weighted by Crippen LogP contribution is 2.19. The van der Waals surface area contributed by atoms with Gasteiger partial charge in [-0.3, -0.25) is 4.79 Å². The molecule has 6 nitrogen and oxygen atoms in total. The zero-order chi connectivity index (χ0) is 14.7. The summed E-state index contributed by atoms with van der Waals surface area (Å²) in [5.41, 5.74) is 0.380. The number of hydrogen-bond acceptors (Lipinski definition) is 5. The maximum atomic E-state index is 11.3. The van der Waals surface area contributed by atoms with Crippen LogP contribution >= 0.6 is 0 Å². The molecular weight excluding hydrogens is 260 g/mol. The van der Waals surface area contributed by atoms with E-state index in [1.807, 2.05) is 6.07 Å². The van der Waals surface area contributed by atoms with Crippen molar-refractivity contribution >= 4 is 5.71 Å². The van der Waals surface area contributed by atoms with Gasteiger partial charge in [-0.1, -0.05) is 23.4 Å². The number of nitrogens with zero attached hydrogens (tertiary/aromatic N) is 2. The Balaban J connectivity index is 2.37. The molecule has 2 rings (SSSR count). The minimum absolute atomic E-state index is 0.171. The van der Waals surface area contributed by atoms with Crippen LogP contribution < -0.4 is 10.4 Å². The topological polar surface area (TPSA) is 84.0 Å². The van der Waals surface area contributed by atoms with Gasteiger partial charge in [0, 0.05) is 6.07 Å². The molecule has 6 heteroatoms. The molecule has 0 amide bonds. The summed E-state index contributed by atoms with van der Waals surface area (Å²) in [6, 6.07) is 10.1. The number of para-hydroxylation sites is 1. The van der Waals surface area contributed by atoms with E-state index in [1.165, 1.54) is 6.07 Å². The molecule has 1 heterocycles. The Labute approximate surface area is 115 Å². The van der Waals surface area contributed by atoms with E-state index in [0.717, 1.165) is 0 Å². The first-order valence-electron chi connectivity index (χ1n) is 5.92. The third-order valence-electron chi connectivity index (χ3n) is 2.76. The molecule has 0 unspecified atom stereocenters. The monoisotopic (exact) mass is 274 g/mol. The number of pyridine rings is 1. The molecule has 2 N–H and O–H groups in total. The number of rotatable bonds is 3. The molecular formula is C14H14N2O4. The van der Waals surface area contributed by atoms with Gasteiger partial charge in [0.2, 0.25) is 5.88 Å². The molecule has 0 aliphatic rings. The van der Waals surface area contributed by atoms with Gasteiger partial charge in [-0.15, -0.1) is 4.73 Å². The fraction of sp³-hybridized carbons (Fsp3) is 0.143. The smallest absolute Gasteiger partial charge is 0.286 e. The Morgan fingerprint density at radius 3 is 2.60 bits per heavy atom. The Kier molecular flexibility index (Phi) is 3.74. The van der Waals surface area contributed by atoms with Crippen molar-refractivity contribution in [2.45, 2.75) is 13.8 Å². The fourth-order valence-corrected chi connectivity index (χ4v) is 1.80. The van der Waals surface area contributed by atoms with Crippen molar-refractivity contribution in [1.82, 2.24) is 4.73 Å². The van der Waals surface area contributed by atoms with Crippen molar-refractivity contribution in [1.29, 1.82) is 0 Å². The second kappa shape index (κ2) is 5.48. The van der Waals surface area contributed by atoms with E-state index >= 15 is 0 Å². The average molecular weight is 274 g/mol. The standard InChI is InChI=1S/C14H14N2O4/c1-9-8-12(17)16(19)14(18)13(9)10(2)15-20-11-6-4-3-5-7-11/h3-8,18-19H,1-2H3/b15-10-. The van der Waals surface area contributed by atoms with Crippen LogP contribution in [0.2, 0.25) is 0 Å². The summed E-state index contributed by atoms with van der Waals surface area (Å²) in [6.07, 6.45) is 0. The Hall–Kier alpha value is -2.76. The zero-order valence-electron chi connectivity index (χ0n) is 11.1. The summed E-state index contributed by atoms with van der Waals surface area (Å²) in [5.74, 6) is -0.0192. The summed E-state index contributed by atoms with van der Waals surface area (Å²) in [7, 11) is 0. The zero-order valence-corrected chi connectivity index (χ0v) is 11.1. The highest BCUT2D eigenvalue weighted by atomic mass is 16.6. The summed E-state index contributed by atoms with van der Waals surface area (Å²) >= 11 is 0. The first kappa shape index (κ1) is 13.7. The lowest BCUT2D eigenvalue weighted by molar-refractivity contribution is 0.143. The first-order valence-corrected chi connectivity index (χ1v) is 5.92. The number of aromatic nitrogens is 1. The minimum Gasteiger partial charge on any atom is -0.492 e. The second-order valence-electron chi connectivity index (χ2n) is 4.26. The molecule has 0 saturated heterocycles. The molecule has 0 atom stereocenters. The maximum absolute atomic E-state index is 11.3. The number of aromatic hydroxyl groups is 1. The Morgan fingerprint density at radius 2 is 1.95 bits per heavy atom. The molecule has 0 fully saturated rings. The quantitative estimate of drug-likeness (QED) is 0.508. The summed E-state index contributed by atoms with van der Waals surface area (Å²) < 4.78 is 0.171. The molecule has 0 bridgehead atoms. The van der Waals surface area contributed by atoms with Crippen LogP contribution in [0.1, 0.15) is 18.1 Å². The molecule has 20 heavy (non-hydrogen) atoms. The van der Waals surface area contributed by atoms with Crippen molar-refractivity contribution in [3.63, 3.8) is 0 Å². The summed E-state index contributed by atoms with van der Waals surface area (Å²) in [5, 5.41) is 23.1. The van der Waals surface area contributed by atoms with Crippen molar-refractivity contribution in [3.8, 4) is 11.6 Å². The summed E-state index contributed by atoms with van der Waals surface area (Å²) in [6.45, 7) is 3.24. The largest absolute Gasteiger partial charge is 0.492 e. The third-order valence-corrected chi connectivity index (χ3v) is 2.76. The Bertz CT molecular complexity index is 705. The minimum atomic E-state index is -0.708. The van der Waals surface area contributed by atoms with E-state index in [2.05, 4.69) is 5.16 Å². The highest BCUT2D eigenvalue weighted by Gasteiger charge is 2.15. The van der Waals surface area contributed by atoms with Crippen LogP contribution in [-0.4, -0.2) is 20.8 Å². The third kappa shape index (κ3) is 2.64. The van der Waals surface area contributed by atoms with Crippen molar-refractivity contribution in [2.75, 3.05) is 0 Å². The molecule has 1 aromatic carbocycles. The van der Waals surface area contributed by atoms with E-state index < -0.39 is 11.4 Å². The van der Waals surface area contributed by atoms with E-state index in [4.69, 9.17) is 4.84 Å². The van der Waals surface area contributed by atoms with Crippen LogP contribution in [-0.2, 0) is 0 Å². The van der Waals surface area contributed by atoms with E-state index in [-0.39, 0.29) is 10.3 Å². The van der Waals surface area contributed by atoms with Gasteiger partial charge in [-0.05, 0) is 31.5 Å². The van der Waals surface area contributed by atoms with Crippen LogP contribution in [0.15, 0.2) is 46.3 Å². The van der Waals surface area contributed by atoms with Crippen LogP contribution in [0.25, 0.3) is 0 Å². The number of oxime groups is 1. The molecule has 1 aromatic heterocycles. The molecule has 0 radical (unpaired) electrons. The lowest BCUT2D eigenvalue weighted by Crippen LogP contribution is -2.20. The molecule has 2 aromatic rings. The van der Waals surface area contributed by atoms with Gasteiger partial charge in [-0.2, -0.15) is 0 Å². The molecule has 0 aliphatic heterocycles. The number of hydrogen-bond donors (Lipinski definition) is 2. The normalized spacial score (nSPS) is 11.4. The predicted octanol–water partition coefficient (Wildman–Crippen LogP) is 1.90. The van der Waals surface area contributed by atoms with Gasteiger partial charge < -0.3 is 15.2 Å². The van der Waals surface area contributed by atoms with Crippen LogP contribution in [0, 0.1) is 6.92 Å². The maximum Gasteiger partial charge on any atom is 0.286 e. The summed E-state index contributed by atoms with van der Waals surface area (Å²) in [4.78, 5) is 16.5. The lowest BCUT2D eigenvalue weighted by atomic mass is 10.1. The molecule has 0 spiro atoms. The second-order valence-corrected chi connectivity index (χ2v) is 4.26. The lowest BCUT2D eigenvalue weighted by Gasteiger charge is -2.09. The number of benzene rings is 1. The van der Waals surface area contributed by atoms with Gasteiger partial charge >= 0.3 is 0 Å². The van der Waals surface area contributed by atoms with Gasteiger partial charge in [0.1, 0.15) is 0 Å². The van der Waals surface area contributed by atoms with E-state index in [1.54, 1.807) is 38.1 Å². The fourth-order valence-electron chi connectivity index (χ4n) is 1.80. The van der Waals surface area contributed by atoms with E-state index in [0.29, 0.717) is 17.0 Å². The molecule has 0 aliphatic carbocycles. The van der Waals surface area contributed by atoms with Crippen molar-refractivity contribution in [2.24, 2.45) is 5.16 Å². The van der Waals surface area contributed by atoms with Crippen LogP contribution in [0.4, 0.5) is 0 Å². The van der Waals surface area contributed by atoms with Gasteiger partial charge in [0.25, 0.3) is 5.56 Å². The highest BCUT2D eigenvalue weighted by molar-refractivity contribution is 6.01. The SMILES string of the molecule is C/C(=N/Oc1ccccc1)c1c(C)cc(=O)n(O)c1O. The number of aryl methyl sites for hydroxylation is 1. The van der Waals surface area contributed by atoms with Crippen molar-refractivity contribution < 1.29 is 15.2 Å². The van der Waals surface area contributed by atoms with Crippen LogP contribution in [0.5, 0.6) is 11.6 Å². The molecule has 0 saturated carbocycles. The average Bonchev–Trinajstić information content (AvgIpc) is 2.44. The first-order chi connectivity index (χ1) is 9.50. The van der Waals surface area contributed by atoms with Gasteiger partial charge in [0.15, 0.2) is 5.75 Å². The van der Waals surface area contributed by atoms with E-state index in [9.17, 15) is 15.1 Å². The van der Waals surface area contributed by atoms with Gasteiger partial charge in [-0.25, -0.2) is 0 Å². The Morgan fingerprint density at radius 1 is 1.30 bits per heavy atom.